The number of ketones is 1. The highest BCUT2D eigenvalue weighted by Crippen LogP contribution is 2.38. The number of methoxy groups -OCH3 is 1. The molecule has 0 aliphatic carbocycles. The molecule has 0 saturated carbocycles. The van der Waals surface area contributed by atoms with Crippen molar-refractivity contribution in [3.8, 4) is 5.75 Å². The maximum atomic E-state index is 12.2. The van der Waals surface area contributed by atoms with Gasteiger partial charge in [-0.15, -0.1) is 0 Å². The minimum absolute atomic E-state index is 0.103. The summed E-state index contributed by atoms with van der Waals surface area (Å²) in [7, 11) is 1.62. The molecule has 1 aromatic rings. The molecule has 3 fully saturated rings. The summed E-state index contributed by atoms with van der Waals surface area (Å²) in [5.74, 6) is -0.618. The number of fused-ring (bicyclic) bond motifs is 3. The second-order valence-electron chi connectivity index (χ2n) is 6.82. The first-order valence-electron chi connectivity index (χ1n) is 8.33. The maximum Gasteiger partial charge on any atom is 0.305 e. The number of carbonyl (C=O) groups excluding carboxylic acids is 1. The lowest BCUT2D eigenvalue weighted by atomic mass is 9.92. The second kappa shape index (κ2) is 7.25. The molecule has 4 rings (SSSR count). The fraction of sp³-hybridized carbons (Fsp3) is 0.526. The minimum Gasteiger partial charge on any atom is -0.497 e. The van der Waals surface area contributed by atoms with Crippen LogP contribution in [-0.2, 0) is 30.3 Å². The van der Waals surface area contributed by atoms with Gasteiger partial charge in [-0.25, -0.2) is 0 Å². The Morgan fingerprint density at radius 3 is 2.36 bits per heavy atom. The third-order valence-corrected chi connectivity index (χ3v) is 4.38. The van der Waals surface area contributed by atoms with Crippen LogP contribution in [0.3, 0.4) is 0 Å². The van der Waals surface area contributed by atoms with Crippen LogP contribution < -0.4 is 4.74 Å². The normalized spacial score (nSPS) is 29.7. The summed E-state index contributed by atoms with van der Waals surface area (Å²) in [6.07, 6.45) is 2.36. The second-order valence-corrected chi connectivity index (χ2v) is 6.82. The Kier molecular flexibility index (Phi) is 5.24. The summed E-state index contributed by atoms with van der Waals surface area (Å²) in [6.45, 7) is 5.76. The molecule has 0 spiro atoms. The van der Waals surface area contributed by atoms with Crippen LogP contribution in [0.4, 0.5) is 0 Å². The summed E-state index contributed by atoms with van der Waals surface area (Å²) in [5, 5.41) is 0. The fourth-order valence-electron chi connectivity index (χ4n) is 2.56. The van der Waals surface area contributed by atoms with Crippen LogP contribution in [-0.4, -0.2) is 44.8 Å². The van der Waals surface area contributed by atoms with E-state index in [0.29, 0.717) is 26.4 Å². The molecule has 3 heterocycles. The number of hydrogen-bond donors (Lipinski definition) is 0. The molecule has 0 radical (unpaired) electrons. The van der Waals surface area contributed by atoms with Crippen molar-refractivity contribution in [3.05, 3.63) is 42.0 Å². The lowest BCUT2D eigenvalue weighted by Crippen LogP contribution is -2.58. The molecule has 0 unspecified atom stereocenters. The lowest BCUT2D eigenvalue weighted by Gasteiger charge is -2.49. The van der Waals surface area contributed by atoms with Crippen molar-refractivity contribution in [1.82, 2.24) is 0 Å². The van der Waals surface area contributed by atoms with Crippen molar-refractivity contribution in [1.29, 1.82) is 0 Å². The molecule has 0 aromatic heterocycles. The van der Waals surface area contributed by atoms with E-state index in [2.05, 4.69) is 0 Å². The Hall–Kier alpha value is -1.73. The standard InChI is InChI=1S/C19H24O6/c1-14(22-10-15-4-6-16(21-3)7-5-15)17(20)8-9-19-23-11-18(2,12-24-19)13-25-19/h4-9,14H,10-13H2,1-3H3/b9-8+/t14-,18?,19?/m1/s1. The Morgan fingerprint density at radius 1 is 1.20 bits per heavy atom. The van der Waals surface area contributed by atoms with E-state index in [-0.39, 0.29) is 11.2 Å². The molecule has 0 amide bonds. The van der Waals surface area contributed by atoms with Crippen molar-refractivity contribution < 1.29 is 28.5 Å². The van der Waals surface area contributed by atoms with E-state index in [1.54, 1.807) is 14.0 Å². The third-order valence-electron chi connectivity index (χ3n) is 4.38. The average molecular weight is 348 g/mol. The monoisotopic (exact) mass is 348 g/mol. The van der Waals surface area contributed by atoms with E-state index >= 15 is 0 Å². The van der Waals surface area contributed by atoms with Crippen LogP contribution in [0.2, 0.25) is 0 Å². The van der Waals surface area contributed by atoms with Crippen molar-refractivity contribution in [2.45, 2.75) is 32.5 Å². The van der Waals surface area contributed by atoms with Crippen LogP contribution >= 0.6 is 0 Å². The van der Waals surface area contributed by atoms with E-state index in [0.717, 1.165) is 11.3 Å². The van der Waals surface area contributed by atoms with Gasteiger partial charge < -0.3 is 23.7 Å². The molecular weight excluding hydrogens is 324 g/mol. The first-order valence-corrected chi connectivity index (χ1v) is 8.33. The van der Waals surface area contributed by atoms with Gasteiger partial charge in [0.15, 0.2) is 5.78 Å². The van der Waals surface area contributed by atoms with Gasteiger partial charge in [0, 0.05) is 11.5 Å². The maximum absolute atomic E-state index is 12.2. The highest BCUT2D eigenvalue weighted by Gasteiger charge is 2.49. The molecule has 6 nitrogen and oxygen atoms in total. The number of benzene rings is 1. The van der Waals surface area contributed by atoms with E-state index in [1.165, 1.54) is 12.2 Å². The van der Waals surface area contributed by atoms with E-state index in [9.17, 15) is 4.79 Å². The molecule has 3 saturated heterocycles. The summed E-state index contributed by atoms with van der Waals surface area (Å²) < 4.78 is 27.6. The summed E-state index contributed by atoms with van der Waals surface area (Å²) in [5.41, 5.74) is 0.867. The Morgan fingerprint density at radius 2 is 1.80 bits per heavy atom. The zero-order valence-corrected chi connectivity index (χ0v) is 14.8. The van der Waals surface area contributed by atoms with Crippen molar-refractivity contribution in [2.75, 3.05) is 26.9 Å². The fourth-order valence-corrected chi connectivity index (χ4v) is 2.56. The van der Waals surface area contributed by atoms with Crippen molar-refractivity contribution in [3.63, 3.8) is 0 Å². The third kappa shape index (κ3) is 4.27. The van der Waals surface area contributed by atoms with Crippen molar-refractivity contribution >= 4 is 5.78 Å². The van der Waals surface area contributed by atoms with Crippen LogP contribution in [0.25, 0.3) is 0 Å². The first-order chi connectivity index (χ1) is 11.9. The van der Waals surface area contributed by atoms with Gasteiger partial charge >= 0.3 is 5.97 Å². The Labute approximate surface area is 147 Å². The molecule has 2 bridgehead atoms. The van der Waals surface area contributed by atoms with E-state index in [1.807, 2.05) is 31.2 Å². The Bertz CT molecular complexity index is 611. The Balaban J connectivity index is 1.50. The molecule has 6 heteroatoms. The summed E-state index contributed by atoms with van der Waals surface area (Å²) >= 11 is 0. The zero-order valence-electron chi connectivity index (χ0n) is 14.8. The number of ether oxygens (including phenoxy) is 5. The van der Waals surface area contributed by atoms with Crippen LogP contribution in [0, 0.1) is 5.41 Å². The van der Waals surface area contributed by atoms with Crippen LogP contribution in [0.1, 0.15) is 19.4 Å². The molecule has 1 aromatic carbocycles. The highest BCUT2D eigenvalue weighted by molar-refractivity contribution is 5.93. The number of hydrogen-bond acceptors (Lipinski definition) is 6. The number of rotatable bonds is 7. The van der Waals surface area contributed by atoms with Gasteiger partial charge in [0.05, 0.1) is 33.5 Å². The quantitative estimate of drug-likeness (QED) is 0.706. The first kappa shape index (κ1) is 18.1. The van der Waals surface area contributed by atoms with Gasteiger partial charge in [-0.1, -0.05) is 19.1 Å². The summed E-state index contributed by atoms with van der Waals surface area (Å²) in [4.78, 5) is 12.2. The molecule has 3 aliphatic heterocycles. The van der Waals surface area contributed by atoms with Gasteiger partial charge in [0.25, 0.3) is 0 Å². The molecule has 0 N–H and O–H groups in total. The molecular formula is C19H24O6. The molecule has 136 valence electrons. The van der Waals surface area contributed by atoms with Gasteiger partial charge in [0.1, 0.15) is 11.9 Å². The predicted molar refractivity (Wildman–Crippen MR) is 90.1 cm³/mol. The van der Waals surface area contributed by atoms with Crippen molar-refractivity contribution in [2.24, 2.45) is 5.41 Å². The SMILES string of the molecule is COc1ccc(CO[C@H](C)C(=O)/C=C/C23OCC(C)(CO2)CO3)cc1. The van der Waals surface area contributed by atoms with Crippen LogP contribution in [0.5, 0.6) is 5.75 Å². The average Bonchev–Trinajstić information content (AvgIpc) is 2.66. The van der Waals surface area contributed by atoms with Gasteiger partial charge in [0.2, 0.25) is 0 Å². The highest BCUT2D eigenvalue weighted by atomic mass is 16.9. The lowest BCUT2D eigenvalue weighted by molar-refractivity contribution is -0.441. The largest absolute Gasteiger partial charge is 0.497 e. The topological polar surface area (TPSA) is 63.2 Å². The van der Waals surface area contributed by atoms with Gasteiger partial charge in [-0.05, 0) is 30.7 Å². The van der Waals surface area contributed by atoms with Gasteiger partial charge in [-0.3, -0.25) is 4.79 Å². The smallest absolute Gasteiger partial charge is 0.305 e. The van der Waals surface area contributed by atoms with Crippen LogP contribution in [0.15, 0.2) is 36.4 Å². The molecule has 1 atom stereocenters. The molecule has 3 aliphatic rings. The van der Waals surface area contributed by atoms with E-state index in [4.69, 9.17) is 23.7 Å². The summed E-state index contributed by atoms with van der Waals surface area (Å²) in [6, 6.07) is 7.52. The molecule has 25 heavy (non-hydrogen) atoms. The predicted octanol–water partition coefficient (Wildman–Crippen LogP) is 2.46. The zero-order chi connectivity index (χ0) is 17.9. The van der Waals surface area contributed by atoms with E-state index < -0.39 is 12.1 Å². The number of carbonyl (C=O) groups is 1. The minimum atomic E-state index is -1.23. The van der Waals surface area contributed by atoms with Gasteiger partial charge in [-0.2, -0.15) is 0 Å².